The Morgan fingerprint density at radius 2 is 2.05 bits per heavy atom. The molecule has 0 amide bonds. The average Bonchev–Trinajstić information content (AvgIpc) is 2.36. The third-order valence-electron chi connectivity index (χ3n) is 3.82. The first kappa shape index (κ1) is 15.3. The molecule has 0 aromatic heterocycles. The molecular weight excluding hydrogens is 238 g/mol. The van der Waals surface area contributed by atoms with E-state index in [1.807, 2.05) is 19.1 Å². The fraction of sp³-hybridized carbons (Fsp3) is 0.438. The fourth-order valence-electron chi connectivity index (χ4n) is 1.80. The van der Waals surface area contributed by atoms with Crippen LogP contribution in [0.15, 0.2) is 24.3 Å². The molecule has 3 heteroatoms. The summed E-state index contributed by atoms with van der Waals surface area (Å²) in [6.07, 6.45) is 3.86. The van der Waals surface area contributed by atoms with E-state index >= 15 is 0 Å². The van der Waals surface area contributed by atoms with Crippen molar-refractivity contribution in [1.82, 2.24) is 0 Å². The molecule has 3 nitrogen and oxygen atoms in total. The van der Waals surface area contributed by atoms with Crippen molar-refractivity contribution in [2.75, 3.05) is 11.9 Å². The van der Waals surface area contributed by atoms with Gasteiger partial charge in [0.2, 0.25) is 0 Å². The van der Waals surface area contributed by atoms with Crippen molar-refractivity contribution in [2.45, 2.75) is 39.7 Å². The minimum absolute atomic E-state index is 0.102. The number of carboxylic acids is 1. The van der Waals surface area contributed by atoms with Gasteiger partial charge in [-0.15, -0.1) is 0 Å². The van der Waals surface area contributed by atoms with Gasteiger partial charge in [0.05, 0.1) is 0 Å². The lowest BCUT2D eigenvalue weighted by Crippen LogP contribution is -2.40. The maximum atomic E-state index is 10.5. The monoisotopic (exact) mass is 261 g/mol. The standard InChI is InChI=1S/C16H23NO2/c1-6-16(3,4)17(5)14-9-7-13(12(2)11-14)8-10-15(18)19/h7-11H,6H2,1-5H3,(H,18,19). The third-order valence-corrected chi connectivity index (χ3v) is 3.82. The van der Waals surface area contributed by atoms with Crippen LogP contribution in [0.2, 0.25) is 0 Å². The molecule has 0 saturated carbocycles. The topological polar surface area (TPSA) is 40.5 Å². The molecular formula is C16H23NO2. The summed E-state index contributed by atoms with van der Waals surface area (Å²) in [7, 11) is 2.09. The smallest absolute Gasteiger partial charge is 0.328 e. The minimum atomic E-state index is -0.923. The van der Waals surface area contributed by atoms with Crippen molar-refractivity contribution in [3.8, 4) is 0 Å². The first-order valence-corrected chi connectivity index (χ1v) is 6.53. The van der Waals surface area contributed by atoms with Gasteiger partial charge in [0, 0.05) is 24.4 Å². The highest BCUT2D eigenvalue weighted by Gasteiger charge is 2.21. The SMILES string of the molecule is CCC(C)(C)N(C)c1ccc(C=CC(=O)O)c(C)c1. The second-order valence-corrected chi connectivity index (χ2v) is 5.44. The van der Waals surface area contributed by atoms with Gasteiger partial charge in [-0.2, -0.15) is 0 Å². The summed E-state index contributed by atoms with van der Waals surface area (Å²) in [5.41, 5.74) is 3.27. The van der Waals surface area contributed by atoms with E-state index in [0.717, 1.165) is 23.2 Å². The Balaban J connectivity index is 3.03. The van der Waals surface area contributed by atoms with Crippen LogP contribution in [-0.4, -0.2) is 23.7 Å². The number of carboxylic acid groups (broad SMARTS) is 1. The fourth-order valence-corrected chi connectivity index (χ4v) is 1.80. The summed E-state index contributed by atoms with van der Waals surface area (Å²) in [6, 6.07) is 6.09. The van der Waals surface area contributed by atoms with Crippen LogP contribution < -0.4 is 4.90 Å². The molecule has 0 fully saturated rings. The van der Waals surface area contributed by atoms with Crippen molar-refractivity contribution < 1.29 is 9.90 Å². The molecule has 0 atom stereocenters. The second kappa shape index (κ2) is 5.91. The summed E-state index contributed by atoms with van der Waals surface area (Å²) >= 11 is 0. The molecule has 0 unspecified atom stereocenters. The summed E-state index contributed by atoms with van der Waals surface area (Å²) in [6.45, 7) is 8.59. The number of aliphatic carboxylic acids is 1. The largest absolute Gasteiger partial charge is 0.478 e. The van der Waals surface area contributed by atoms with E-state index in [1.165, 1.54) is 6.08 Å². The maximum Gasteiger partial charge on any atom is 0.328 e. The maximum absolute atomic E-state index is 10.5. The Kier molecular flexibility index (Phi) is 4.76. The lowest BCUT2D eigenvalue weighted by molar-refractivity contribution is -0.131. The third kappa shape index (κ3) is 3.85. The van der Waals surface area contributed by atoms with Crippen molar-refractivity contribution in [3.05, 3.63) is 35.4 Å². The first-order chi connectivity index (χ1) is 8.77. The number of benzene rings is 1. The number of rotatable bonds is 5. The van der Waals surface area contributed by atoms with Crippen LogP contribution in [0.3, 0.4) is 0 Å². The van der Waals surface area contributed by atoms with E-state index in [4.69, 9.17) is 5.11 Å². The molecule has 104 valence electrons. The van der Waals surface area contributed by atoms with Crippen LogP contribution in [0, 0.1) is 6.92 Å². The quantitative estimate of drug-likeness (QED) is 0.821. The van der Waals surface area contributed by atoms with Gasteiger partial charge < -0.3 is 10.0 Å². The molecule has 0 bridgehead atoms. The number of aryl methyl sites for hydroxylation is 1. The Hall–Kier alpha value is -1.77. The molecule has 1 N–H and O–H groups in total. The van der Waals surface area contributed by atoms with Gasteiger partial charge in [-0.05, 0) is 56.5 Å². The van der Waals surface area contributed by atoms with Gasteiger partial charge >= 0.3 is 5.97 Å². The van der Waals surface area contributed by atoms with E-state index in [-0.39, 0.29) is 5.54 Å². The Bertz CT molecular complexity index is 490. The lowest BCUT2D eigenvalue weighted by atomic mass is 9.98. The number of anilines is 1. The molecule has 1 aromatic carbocycles. The predicted molar refractivity (Wildman–Crippen MR) is 80.6 cm³/mol. The van der Waals surface area contributed by atoms with Gasteiger partial charge in [0.1, 0.15) is 0 Å². The predicted octanol–water partition coefficient (Wildman–Crippen LogP) is 3.72. The highest BCUT2D eigenvalue weighted by molar-refractivity contribution is 5.85. The summed E-state index contributed by atoms with van der Waals surface area (Å²) in [4.78, 5) is 12.8. The molecule has 0 heterocycles. The highest BCUT2D eigenvalue weighted by atomic mass is 16.4. The Morgan fingerprint density at radius 1 is 1.42 bits per heavy atom. The number of carbonyl (C=O) groups is 1. The zero-order valence-electron chi connectivity index (χ0n) is 12.4. The Labute approximate surface area is 115 Å². The van der Waals surface area contributed by atoms with Crippen molar-refractivity contribution >= 4 is 17.7 Å². The lowest BCUT2D eigenvalue weighted by Gasteiger charge is -2.37. The molecule has 1 aromatic rings. The molecule has 0 aliphatic heterocycles. The molecule has 19 heavy (non-hydrogen) atoms. The van der Waals surface area contributed by atoms with Crippen LogP contribution in [0.1, 0.15) is 38.3 Å². The molecule has 1 rings (SSSR count). The first-order valence-electron chi connectivity index (χ1n) is 6.53. The molecule has 0 aliphatic rings. The minimum Gasteiger partial charge on any atom is -0.478 e. The number of nitrogens with zero attached hydrogens (tertiary/aromatic N) is 1. The van der Waals surface area contributed by atoms with E-state index in [2.05, 4.69) is 38.8 Å². The second-order valence-electron chi connectivity index (χ2n) is 5.44. The molecule has 0 saturated heterocycles. The summed E-state index contributed by atoms with van der Waals surface area (Å²) < 4.78 is 0. The Morgan fingerprint density at radius 3 is 2.53 bits per heavy atom. The zero-order chi connectivity index (χ0) is 14.6. The average molecular weight is 261 g/mol. The van der Waals surface area contributed by atoms with Gasteiger partial charge in [-0.1, -0.05) is 13.0 Å². The number of hydrogen-bond acceptors (Lipinski definition) is 2. The van der Waals surface area contributed by atoms with E-state index < -0.39 is 5.97 Å². The molecule has 0 radical (unpaired) electrons. The van der Waals surface area contributed by atoms with Crippen LogP contribution in [0.4, 0.5) is 5.69 Å². The van der Waals surface area contributed by atoms with Gasteiger partial charge in [0.15, 0.2) is 0 Å². The van der Waals surface area contributed by atoms with Crippen LogP contribution in [-0.2, 0) is 4.79 Å². The normalized spacial score (nSPS) is 11.8. The van der Waals surface area contributed by atoms with Gasteiger partial charge in [0.25, 0.3) is 0 Å². The van der Waals surface area contributed by atoms with Crippen molar-refractivity contribution in [3.63, 3.8) is 0 Å². The van der Waals surface area contributed by atoms with Gasteiger partial charge in [-0.25, -0.2) is 4.79 Å². The van der Waals surface area contributed by atoms with Crippen molar-refractivity contribution in [2.24, 2.45) is 0 Å². The van der Waals surface area contributed by atoms with E-state index in [0.29, 0.717) is 0 Å². The van der Waals surface area contributed by atoms with Crippen LogP contribution in [0.25, 0.3) is 6.08 Å². The van der Waals surface area contributed by atoms with Crippen LogP contribution >= 0.6 is 0 Å². The summed E-state index contributed by atoms with van der Waals surface area (Å²) in [5, 5.41) is 8.65. The molecule has 0 aliphatic carbocycles. The molecule has 0 spiro atoms. The number of hydrogen-bond donors (Lipinski definition) is 1. The highest BCUT2D eigenvalue weighted by Crippen LogP contribution is 2.26. The van der Waals surface area contributed by atoms with Crippen LogP contribution in [0.5, 0.6) is 0 Å². The van der Waals surface area contributed by atoms with E-state index in [9.17, 15) is 4.79 Å². The van der Waals surface area contributed by atoms with Crippen molar-refractivity contribution in [1.29, 1.82) is 0 Å². The van der Waals surface area contributed by atoms with E-state index in [1.54, 1.807) is 6.08 Å². The van der Waals surface area contributed by atoms with Gasteiger partial charge in [-0.3, -0.25) is 0 Å². The zero-order valence-corrected chi connectivity index (χ0v) is 12.4. The summed E-state index contributed by atoms with van der Waals surface area (Å²) in [5.74, 6) is -0.923.